The molecule has 1 aromatic heterocycles. The van der Waals surface area contributed by atoms with Crippen LogP contribution in [0.2, 0.25) is 0 Å². The molecule has 2 aliphatic rings. The smallest absolute Gasteiger partial charge is 0.412 e. The number of aromatic nitrogens is 1. The van der Waals surface area contributed by atoms with Crippen molar-refractivity contribution in [2.75, 3.05) is 17.2 Å². The minimum atomic E-state index is -1.03. The van der Waals surface area contributed by atoms with Gasteiger partial charge in [0, 0.05) is 24.8 Å². The van der Waals surface area contributed by atoms with Gasteiger partial charge < -0.3 is 19.5 Å². The third kappa shape index (κ3) is 5.01. The quantitative estimate of drug-likeness (QED) is 0.617. The number of anilines is 2. The van der Waals surface area contributed by atoms with E-state index in [4.69, 9.17) is 4.74 Å². The summed E-state index contributed by atoms with van der Waals surface area (Å²) in [5.41, 5.74) is -0.927. The lowest BCUT2D eigenvalue weighted by molar-refractivity contribution is -0.135. The first kappa shape index (κ1) is 26.9. The number of carbonyl (C=O) groups is 3. The van der Waals surface area contributed by atoms with Crippen LogP contribution < -0.4 is 16.2 Å². The summed E-state index contributed by atoms with van der Waals surface area (Å²) in [6, 6.07) is 10.7. The average molecular weight is 520 g/mol. The number of hydrogen-bond donors (Lipinski definition) is 2. The van der Waals surface area contributed by atoms with Gasteiger partial charge in [0.25, 0.3) is 5.56 Å². The third-order valence-corrected chi connectivity index (χ3v) is 6.84. The Kier molecular flexibility index (Phi) is 7.06. The number of fused-ring (bicyclic) bond motifs is 2. The number of para-hydroxylation sites is 1. The number of nitrogens with zero attached hydrogens (tertiary/aromatic N) is 3. The monoisotopic (exact) mass is 519 g/mol. The maximum Gasteiger partial charge on any atom is 0.412 e. The van der Waals surface area contributed by atoms with Crippen molar-refractivity contribution in [2.24, 2.45) is 5.92 Å². The molecule has 2 aromatic rings. The van der Waals surface area contributed by atoms with Crippen molar-refractivity contribution in [3.05, 3.63) is 58.5 Å². The van der Waals surface area contributed by atoms with E-state index in [0.29, 0.717) is 12.1 Å². The summed E-state index contributed by atoms with van der Waals surface area (Å²) < 4.78 is 6.55. The van der Waals surface area contributed by atoms with Crippen LogP contribution in [0.5, 0.6) is 0 Å². The van der Waals surface area contributed by atoms with Crippen molar-refractivity contribution in [3.63, 3.8) is 0 Å². The lowest BCUT2D eigenvalue weighted by atomic mass is 9.80. The van der Waals surface area contributed by atoms with Gasteiger partial charge in [-0.1, -0.05) is 32.0 Å². The first-order chi connectivity index (χ1) is 17.9. The van der Waals surface area contributed by atoms with Crippen molar-refractivity contribution in [3.8, 4) is 6.07 Å². The second-order valence-electron chi connectivity index (χ2n) is 11.3. The molecule has 10 heteroatoms. The van der Waals surface area contributed by atoms with Crippen molar-refractivity contribution in [1.29, 1.82) is 5.26 Å². The number of hydrogen-bond acceptors (Lipinski definition) is 6. The lowest BCUT2D eigenvalue weighted by Crippen LogP contribution is -2.45. The van der Waals surface area contributed by atoms with E-state index in [1.54, 1.807) is 32.9 Å². The normalized spacial score (nSPS) is 21.1. The molecule has 3 atom stereocenters. The molecule has 3 amide bonds. The molecule has 1 saturated heterocycles. The summed E-state index contributed by atoms with van der Waals surface area (Å²) in [7, 11) is 0. The summed E-state index contributed by atoms with van der Waals surface area (Å²) in [6.45, 7) is 9.04. The largest absolute Gasteiger partial charge is 0.444 e. The average Bonchev–Trinajstić information content (AvgIpc) is 3.36. The molecule has 200 valence electrons. The fourth-order valence-electron chi connectivity index (χ4n) is 5.22. The molecule has 2 aliphatic heterocycles. The standard InChI is InChI=1S/C28H33N5O5/c1-17(2)13-22(32-12-8-11-21(23(32)34)31-26(37)38-27(3,4)5)24(35)33-16-28(14-18(33)15-29)19-9-6-7-10-20(19)30-25(28)36/h6-12,17-18,22H,13-14,16H2,1-5H3,(H,30,36)(H,31,37)/t18-,22-,28-/m0/s1. The SMILES string of the molecule is CC(C)C[C@@H](C(=O)N1C[C@]2(C[C@H]1C#N)C(=O)Nc1ccccc12)n1cccc(NC(=O)OC(C)(C)C)c1=O. The van der Waals surface area contributed by atoms with E-state index in [-0.39, 0.29) is 30.5 Å². The Bertz CT molecular complexity index is 1370. The summed E-state index contributed by atoms with van der Waals surface area (Å²) in [4.78, 5) is 54.3. The first-order valence-corrected chi connectivity index (χ1v) is 12.7. The molecule has 1 aromatic carbocycles. The Labute approximate surface area is 221 Å². The molecule has 3 heterocycles. The molecule has 2 N–H and O–H groups in total. The zero-order valence-electron chi connectivity index (χ0n) is 22.3. The molecule has 0 radical (unpaired) electrons. The van der Waals surface area contributed by atoms with Crippen LogP contribution in [-0.2, 0) is 19.7 Å². The van der Waals surface area contributed by atoms with Crippen LogP contribution in [0, 0.1) is 17.2 Å². The highest BCUT2D eigenvalue weighted by Gasteiger charge is 2.56. The molecule has 0 unspecified atom stereocenters. The molecular formula is C28H33N5O5. The lowest BCUT2D eigenvalue weighted by Gasteiger charge is -2.29. The minimum Gasteiger partial charge on any atom is -0.444 e. The summed E-state index contributed by atoms with van der Waals surface area (Å²) in [6.07, 6.45) is 1.20. The molecule has 1 spiro atoms. The van der Waals surface area contributed by atoms with Gasteiger partial charge in [-0.25, -0.2) is 4.79 Å². The van der Waals surface area contributed by atoms with E-state index >= 15 is 0 Å². The zero-order chi connectivity index (χ0) is 27.8. The van der Waals surface area contributed by atoms with Crippen LogP contribution in [-0.4, -0.2) is 45.6 Å². The van der Waals surface area contributed by atoms with Gasteiger partial charge in [-0.3, -0.25) is 19.7 Å². The third-order valence-electron chi connectivity index (χ3n) is 6.84. The number of benzene rings is 1. The van der Waals surface area contributed by atoms with Crippen molar-refractivity contribution >= 4 is 29.3 Å². The van der Waals surface area contributed by atoms with Crippen LogP contribution in [0.1, 0.15) is 59.1 Å². The predicted octanol–water partition coefficient (Wildman–Crippen LogP) is 3.80. The van der Waals surface area contributed by atoms with Gasteiger partial charge in [0.15, 0.2) is 0 Å². The number of ether oxygens (including phenoxy) is 1. The van der Waals surface area contributed by atoms with Crippen LogP contribution in [0.3, 0.4) is 0 Å². The van der Waals surface area contributed by atoms with Crippen LogP contribution in [0.25, 0.3) is 0 Å². The Morgan fingerprint density at radius 2 is 1.92 bits per heavy atom. The van der Waals surface area contributed by atoms with Crippen molar-refractivity contribution in [1.82, 2.24) is 9.47 Å². The Hall–Kier alpha value is -4.13. The number of rotatable bonds is 5. The number of pyridine rings is 1. The van der Waals surface area contributed by atoms with E-state index in [9.17, 15) is 24.4 Å². The van der Waals surface area contributed by atoms with Crippen molar-refractivity contribution < 1.29 is 19.1 Å². The molecule has 10 nitrogen and oxygen atoms in total. The van der Waals surface area contributed by atoms with E-state index < -0.39 is 40.7 Å². The molecule has 4 rings (SSSR count). The van der Waals surface area contributed by atoms with E-state index in [2.05, 4.69) is 16.7 Å². The maximum absolute atomic E-state index is 14.1. The zero-order valence-corrected chi connectivity index (χ0v) is 22.3. The highest BCUT2D eigenvalue weighted by Crippen LogP contribution is 2.46. The van der Waals surface area contributed by atoms with Crippen LogP contribution in [0.4, 0.5) is 16.2 Å². The summed E-state index contributed by atoms with van der Waals surface area (Å²) in [5.74, 6) is -0.628. The van der Waals surface area contributed by atoms with Gasteiger partial charge in [0.05, 0.1) is 11.5 Å². The number of amides is 3. The Morgan fingerprint density at radius 1 is 1.21 bits per heavy atom. The fourth-order valence-corrected chi connectivity index (χ4v) is 5.22. The van der Waals surface area contributed by atoms with Gasteiger partial charge in [0.2, 0.25) is 11.8 Å². The van der Waals surface area contributed by atoms with Gasteiger partial charge in [-0.05, 0) is 56.9 Å². The molecule has 1 fully saturated rings. The van der Waals surface area contributed by atoms with Gasteiger partial charge in [0.1, 0.15) is 23.4 Å². The molecule has 38 heavy (non-hydrogen) atoms. The molecule has 0 bridgehead atoms. The molecule has 0 saturated carbocycles. The van der Waals surface area contributed by atoms with Gasteiger partial charge in [-0.15, -0.1) is 0 Å². The van der Waals surface area contributed by atoms with E-state index in [1.807, 2.05) is 32.0 Å². The van der Waals surface area contributed by atoms with Crippen molar-refractivity contribution in [2.45, 2.75) is 70.6 Å². The highest BCUT2D eigenvalue weighted by molar-refractivity contribution is 6.07. The van der Waals surface area contributed by atoms with Crippen LogP contribution >= 0.6 is 0 Å². The number of carbonyl (C=O) groups excluding carboxylic acids is 3. The first-order valence-electron chi connectivity index (χ1n) is 12.7. The number of likely N-dealkylation sites (tertiary alicyclic amines) is 1. The topological polar surface area (TPSA) is 134 Å². The highest BCUT2D eigenvalue weighted by atomic mass is 16.6. The second-order valence-corrected chi connectivity index (χ2v) is 11.3. The fraction of sp³-hybridized carbons (Fsp3) is 0.464. The predicted molar refractivity (Wildman–Crippen MR) is 142 cm³/mol. The minimum absolute atomic E-state index is 0.0258. The van der Waals surface area contributed by atoms with E-state index in [1.165, 1.54) is 21.7 Å². The summed E-state index contributed by atoms with van der Waals surface area (Å²) in [5, 5.41) is 15.3. The maximum atomic E-state index is 14.1. The summed E-state index contributed by atoms with van der Waals surface area (Å²) >= 11 is 0. The van der Waals surface area contributed by atoms with Crippen LogP contribution in [0.15, 0.2) is 47.4 Å². The van der Waals surface area contributed by atoms with Gasteiger partial charge >= 0.3 is 6.09 Å². The molecule has 0 aliphatic carbocycles. The second kappa shape index (κ2) is 9.97. The number of nitriles is 1. The van der Waals surface area contributed by atoms with Gasteiger partial charge in [-0.2, -0.15) is 5.26 Å². The Balaban J connectivity index is 1.68. The Morgan fingerprint density at radius 3 is 2.58 bits per heavy atom. The number of nitrogens with one attached hydrogen (secondary N) is 2. The van der Waals surface area contributed by atoms with E-state index in [0.717, 1.165) is 5.56 Å². The molecular weight excluding hydrogens is 486 g/mol.